The topological polar surface area (TPSA) is 60.3 Å². The average Bonchev–Trinajstić information content (AvgIpc) is 2.63. The van der Waals surface area contributed by atoms with E-state index in [9.17, 15) is 5.21 Å². The summed E-state index contributed by atoms with van der Waals surface area (Å²) in [6.45, 7) is 0. The van der Waals surface area contributed by atoms with Crippen LogP contribution in [0.1, 0.15) is 19.3 Å². The summed E-state index contributed by atoms with van der Waals surface area (Å²) < 4.78 is 5.19. The predicted molar refractivity (Wildman–Crippen MR) is 32.4 cm³/mol. The number of rotatable bonds is 1. The molecule has 10 heavy (non-hydrogen) atoms. The van der Waals surface area contributed by atoms with Crippen molar-refractivity contribution >= 4 is 0 Å². The lowest BCUT2D eigenvalue weighted by Gasteiger charge is -2.25. The van der Waals surface area contributed by atoms with E-state index in [0.29, 0.717) is 6.10 Å². The lowest BCUT2D eigenvalue weighted by Crippen LogP contribution is -3.09. The van der Waals surface area contributed by atoms with E-state index < -0.39 is 5.23 Å². The largest absolute Gasteiger partial charge is 0.600 e. The van der Waals surface area contributed by atoms with Gasteiger partial charge >= 0.3 is 0 Å². The maximum absolute atomic E-state index is 10.5. The van der Waals surface area contributed by atoms with E-state index in [1.807, 2.05) is 0 Å². The molecule has 2 rings (SSSR count). The highest BCUT2D eigenvalue weighted by atomic mass is 16.8. The molecule has 1 aliphatic carbocycles. The molecule has 2 fully saturated rings. The Morgan fingerprint density at radius 1 is 1.40 bits per heavy atom. The van der Waals surface area contributed by atoms with Crippen LogP contribution >= 0.6 is 0 Å². The van der Waals surface area contributed by atoms with E-state index in [4.69, 9.17) is 9.94 Å². The molecule has 1 heterocycles. The standard InChI is InChI=1S/C6H11NO3/c8-7(9)4-1-2-5-6(3-4)10-5/h4-8H,1-3H2. The van der Waals surface area contributed by atoms with Gasteiger partial charge in [-0.15, -0.1) is 0 Å². The van der Waals surface area contributed by atoms with Crippen LogP contribution in [0, 0.1) is 5.21 Å². The van der Waals surface area contributed by atoms with Gasteiger partial charge in [0.1, 0.15) is 6.04 Å². The summed E-state index contributed by atoms with van der Waals surface area (Å²) in [6, 6.07) is -0.135. The lowest BCUT2D eigenvalue weighted by molar-refractivity contribution is -1.07. The Bertz CT molecular complexity index is 139. The van der Waals surface area contributed by atoms with Crippen LogP contribution in [0.3, 0.4) is 0 Å². The van der Waals surface area contributed by atoms with Crippen LogP contribution in [0.5, 0.6) is 0 Å². The van der Waals surface area contributed by atoms with Gasteiger partial charge in [-0.05, 0) is 6.42 Å². The zero-order valence-corrected chi connectivity index (χ0v) is 5.62. The van der Waals surface area contributed by atoms with Crippen molar-refractivity contribution in [3.8, 4) is 0 Å². The van der Waals surface area contributed by atoms with Crippen molar-refractivity contribution in [1.29, 1.82) is 0 Å². The molecule has 1 aliphatic heterocycles. The van der Waals surface area contributed by atoms with Gasteiger partial charge in [-0.25, -0.2) is 10.4 Å². The minimum Gasteiger partial charge on any atom is -0.600 e. The molecule has 4 atom stereocenters. The fourth-order valence-corrected chi connectivity index (χ4v) is 1.63. The van der Waals surface area contributed by atoms with Gasteiger partial charge in [-0.1, -0.05) is 0 Å². The van der Waals surface area contributed by atoms with Crippen LogP contribution in [0.15, 0.2) is 0 Å². The van der Waals surface area contributed by atoms with E-state index in [-0.39, 0.29) is 12.1 Å². The van der Waals surface area contributed by atoms with E-state index >= 15 is 0 Å². The van der Waals surface area contributed by atoms with Crippen LogP contribution < -0.4 is 5.23 Å². The Labute approximate surface area is 58.9 Å². The minimum absolute atomic E-state index is 0.135. The summed E-state index contributed by atoms with van der Waals surface area (Å²) in [5.74, 6) is 0. The van der Waals surface area contributed by atoms with Crippen LogP contribution in [0.4, 0.5) is 0 Å². The molecule has 58 valence electrons. The summed E-state index contributed by atoms with van der Waals surface area (Å²) in [7, 11) is 0. The van der Waals surface area contributed by atoms with Gasteiger partial charge in [-0.2, -0.15) is 0 Å². The van der Waals surface area contributed by atoms with Crippen molar-refractivity contribution in [2.24, 2.45) is 0 Å². The summed E-state index contributed by atoms with van der Waals surface area (Å²) in [5, 5.41) is 18.4. The van der Waals surface area contributed by atoms with Crippen molar-refractivity contribution in [2.45, 2.75) is 37.5 Å². The van der Waals surface area contributed by atoms with E-state index in [2.05, 4.69) is 0 Å². The van der Waals surface area contributed by atoms with Gasteiger partial charge in [0.2, 0.25) is 0 Å². The van der Waals surface area contributed by atoms with Crippen molar-refractivity contribution < 1.29 is 15.2 Å². The smallest absolute Gasteiger partial charge is 0.119 e. The Morgan fingerprint density at radius 3 is 2.80 bits per heavy atom. The predicted octanol–water partition coefficient (Wildman–Crippen LogP) is -0.922. The first-order valence-corrected chi connectivity index (χ1v) is 3.65. The highest BCUT2D eigenvalue weighted by Gasteiger charge is 2.45. The maximum Gasteiger partial charge on any atom is 0.119 e. The Morgan fingerprint density at radius 2 is 2.20 bits per heavy atom. The van der Waals surface area contributed by atoms with Crippen LogP contribution in [-0.4, -0.2) is 23.5 Å². The SMILES string of the molecule is [O-][NH+](O)C1CCC2OC2C1. The molecule has 1 saturated heterocycles. The highest BCUT2D eigenvalue weighted by molar-refractivity contribution is 4.91. The highest BCUT2D eigenvalue weighted by Crippen LogP contribution is 2.35. The van der Waals surface area contributed by atoms with Crippen molar-refractivity contribution in [3.05, 3.63) is 5.21 Å². The number of quaternary nitrogens is 1. The van der Waals surface area contributed by atoms with Crippen molar-refractivity contribution in [3.63, 3.8) is 0 Å². The van der Waals surface area contributed by atoms with Gasteiger partial charge in [0.05, 0.1) is 12.2 Å². The molecule has 2 N–H and O–H groups in total. The Kier molecular flexibility index (Phi) is 1.42. The molecule has 0 bridgehead atoms. The Hall–Kier alpha value is -0.160. The molecule has 2 aliphatic rings. The summed E-state index contributed by atoms with van der Waals surface area (Å²) >= 11 is 0. The summed E-state index contributed by atoms with van der Waals surface area (Å²) in [6.07, 6.45) is 3.18. The normalized spacial score (nSPS) is 48.0. The number of epoxide rings is 1. The quantitative estimate of drug-likeness (QED) is 0.370. The molecular weight excluding hydrogens is 134 g/mol. The molecule has 4 unspecified atom stereocenters. The Balaban J connectivity index is 1.88. The summed E-state index contributed by atoms with van der Waals surface area (Å²) in [4.78, 5) is 0. The maximum atomic E-state index is 10.5. The van der Waals surface area contributed by atoms with Crippen LogP contribution in [0.2, 0.25) is 0 Å². The number of ether oxygens (including phenoxy) is 1. The van der Waals surface area contributed by atoms with Crippen molar-refractivity contribution in [2.75, 3.05) is 0 Å². The van der Waals surface area contributed by atoms with Crippen LogP contribution in [0.25, 0.3) is 0 Å². The van der Waals surface area contributed by atoms with Gasteiger partial charge in [0.15, 0.2) is 0 Å². The molecule has 0 aromatic heterocycles. The molecule has 0 spiro atoms. The molecule has 0 aromatic carbocycles. The molecule has 1 saturated carbocycles. The lowest BCUT2D eigenvalue weighted by atomic mass is 9.96. The molecule has 4 nitrogen and oxygen atoms in total. The molecule has 0 aromatic rings. The third-order valence-electron chi connectivity index (χ3n) is 2.35. The second-order valence-corrected chi connectivity index (χ2v) is 3.06. The molecule has 0 radical (unpaired) electrons. The van der Waals surface area contributed by atoms with Crippen LogP contribution in [-0.2, 0) is 4.74 Å². The monoisotopic (exact) mass is 145 g/mol. The zero-order valence-electron chi connectivity index (χ0n) is 5.62. The number of hydrogen-bond acceptors (Lipinski definition) is 3. The molecule has 0 amide bonds. The van der Waals surface area contributed by atoms with Crippen molar-refractivity contribution in [1.82, 2.24) is 0 Å². The van der Waals surface area contributed by atoms with E-state index in [0.717, 1.165) is 19.3 Å². The average molecular weight is 145 g/mol. The minimum atomic E-state index is -0.658. The van der Waals surface area contributed by atoms with E-state index in [1.165, 1.54) is 0 Å². The second kappa shape index (κ2) is 2.17. The number of hydroxylamine groups is 2. The van der Waals surface area contributed by atoms with Gasteiger partial charge in [-0.3, -0.25) is 0 Å². The summed E-state index contributed by atoms with van der Waals surface area (Å²) in [5.41, 5.74) is 0. The fourth-order valence-electron chi connectivity index (χ4n) is 1.63. The van der Waals surface area contributed by atoms with E-state index in [1.54, 1.807) is 0 Å². The molecule has 4 heteroatoms. The third-order valence-corrected chi connectivity index (χ3v) is 2.35. The molecular formula is C6H11NO3. The van der Waals surface area contributed by atoms with Gasteiger partial charge < -0.3 is 9.94 Å². The first-order chi connectivity index (χ1) is 4.77. The third kappa shape index (κ3) is 1.03. The fraction of sp³-hybridized carbons (Fsp3) is 1.00. The van der Waals surface area contributed by atoms with Gasteiger partial charge in [0.25, 0.3) is 0 Å². The zero-order chi connectivity index (χ0) is 7.14. The number of nitrogens with one attached hydrogen (secondary N) is 1. The second-order valence-electron chi connectivity index (χ2n) is 3.06. The number of fused-ring (bicyclic) bond motifs is 1. The first-order valence-electron chi connectivity index (χ1n) is 3.65. The first kappa shape index (κ1) is 6.54. The number of hydrogen-bond donors (Lipinski definition) is 2. The van der Waals surface area contributed by atoms with Gasteiger partial charge in [0, 0.05) is 12.8 Å².